The number of halogens is 1. The molecule has 3 heterocycles. The summed E-state index contributed by atoms with van der Waals surface area (Å²) in [5.74, 6) is 0.0820. The average Bonchev–Trinajstić information content (AvgIpc) is 3.16. The highest BCUT2D eigenvalue weighted by atomic mass is 19.1. The summed E-state index contributed by atoms with van der Waals surface area (Å²) in [6.45, 7) is 4.17. The number of carbonyl (C=O) groups excluding carboxylic acids is 1. The maximum Gasteiger partial charge on any atom is 0.222 e. The number of nitrogens with zero attached hydrogens (tertiary/aromatic N) is 3. The highest BCUT2D eigenvalue weighted by Gasteiger charge is 2.34. The van der Waals surface area contributed by atoms with Crippen molar-refractivity contribution >= 4 is 5.91 Å². The van der Waals surface area contributed by atoms with E-state index >= 15 is 0 Å². The zero-order valence-electron chi connectivity index (χ0n) is 18.2. The number of amides is 1. The van der Waals surface area contributed by atoms with Crippen molar-refractivity contribution in [2.24, 2.45) is 0 Å². The Morgan fingerprint density at radius 3 is 2.74 bits per heavy atom. The zero-order chi connectivity index (χ0) is 21.5. The molecule has 1 aromatic heterocycles. The first kappa shape index (κ1) is 21.9. The van der Waals surface area contributed by atoms with Crippen LogP contribution in [0.2, 0.25) is 0 Å². The van der Waals surface area contributed by atoms with E-state index in [9.17, 15) is 9.18 Å². The highest BCUT2D eigenvalue weighted by Crippen LogP contribution is 2.29. The van der Waals surface area contributed by atoms with Crippen molar-refractivity contribution in [2.75, 3.05) is 26.2 Å². The van der Waals surface area contributed by atoms with Crippen LogP contribution in [0.25, 0.3) is 0 Å². The van der Waals surface area contributed by atoms with E-state index < -0.39 is 0 Å². The van der Waals surface area contributed by atoms with Crippen LogP contribution >= 0.6 is 0 Å². The molecule has 0 radical (unpaired) electrons. The van der Waals surface area contributed by atoms with E-state index in [1.54, 1.807) is 6.07 Å². The molecular formula is C25H33FN4O. The molecule has 6 heteroatoms. The predicted octanol–water partition coefficient (Wildman–Crippen LogP) is 3.92. The normalized spacial score (nSPS) is 20.9. The molecule has 0 aliphatic carbocycles. The van der Waals surface area contributed by atoms with Crippen molar-refractivity contribution in [1.82, 2.24) is 20.1 Å². The number of hydrogen-bond donors (Lipinski definition) is 1. The smallest absolute Gasteiger partial charge is 0.222 e. The lowest BCUT2D eigenvalue weighted by Gasteiger charge is -2.38. The Labute approximate surface area is 184 Å². The Kier molecular flexibility index (Phi) is 7.65. The molecule has 2 aromatic rings. The molecule has 31 heavy (non-hydrogen) atoms. The number of benzene rings is 1. The maximum absolute atomic E-state index is 13.8. The lowest BCUT2D eigenvalue weighted by Crippen LogP contribution is -2.44. The van der Waals surface area contributed by atoms with Gasteiger partial charge in [-0.1, -0.05) is 30.7 Å². The molecule has 0 unspecified atom stereocenters. The largest absolute Gasteiger partial charge is 0.338 e. The lowest BCUT2D eigenvalue weighted by molar-refractivity contribution is -0.130. The molecule has 0 spiro atoms. The van der Waals surface area contributed by atoms with Crippen LogP contribution in [-0.2, 0) is 11.3 Å². The predicted molar refractivity (Wildman–Crippen MR) is 120 cm³/mol. The molecule has 4 rings (SSSR count). The van der Waals surface area contributed by atoms with Crippen LogP contribution in [0.15, 0.2) is 48.8 Å². The Morgan fingerprint density at radius 1 is 1.13 bits per heavy atom. The van der Waals surface area contributed by atoms with Crippen LogP contribution < -0.4 is 5.32 Å². The molecule has 2 aliphatic heterocycles. The number of pyridine rings is 1. The van der Waals surface area contributed by atoms with Gasteiger partial charge in [0.1, 0.15) is 5.82 Å². The first-order chi connectivity index (χ1) is 15.2. The fourth-order valence-electron chi connectivity index (χ4n) is 4.90. The number of hydrogen-bond acceptors (Lipinski definition) is 4. The van der Waals surface area contributed by atoms with Crippen LogP contribution in [-0.4, -0.2) is 52.9 Å². The number of likely N-dealkylation sites (tertiary alicyclic amines) is 2. The summed E-state index contributed by atoms with van der Waals surface area (Å²) in [7, 11) is 0. The molecule has 2 aliphatic rings. The van der Waals surface area contributed by atoms with Gasteiger partial charge >= 0.3 is 0 Å². The van der Waals surface area contributed by atoms with Gasteiger partial charge in [-0.2, -0.15) is 0 Å². The summed E-state index contributed by atoms with van der Waals surface area (Å²) < 4.78 is 13.8. The number of nitrogens with one attached hydrogen (secondary N) is 1. The summed E-state index contributed by atoms with van der Waals surface area (Å²) in [4.78, 5) is 21.7. The monoisotopic (exact) mass is 424 g/mol. The number of aromatic nitrogens is 1. The van der Waals surface area contributed by atoms with E-state index in [-0.39, 0.29) is 23.8 Å². The fourth-order valence-corrected chi connectivity index (χ4v) is 4.90. The Hall–Kier alpha value is -2.31. The Balaban J connectivity index is 1.37. The summed E-state index contributed by atoms with van der Waals surface area (Å²) in [5, 5.41) is 3.35. The van der Waals surface area contributed by atoms with E-state index in [1.807, 2.05) is 30.6 Å². The first-order valence-corrected chi connectivity index (χ1v) is 11.6. The molecule has 1 N–H and O–H groups in total. The molecular weight excluding hydrogens is 391 g/mol. The molecule has 5 nitrogen and oxygen atoms in total. The van der Waals surface area contributed by atoms with Crippen LogP contribution in [0.5, 0.6) is 0 Å². The van der Waals surface area contributed by atoms with E-state index in [2.05, 4.69) is 26.2 Å². The minimum Gasteiger partial charge on any atom is -0.338 e. The topological polar surface area (TPSA) is 48.5 Å². The third kappa shape index (κ3) is 5.69. The van der Waals surface area contributed by atoms with Gasteiger partial charge in [0, 0.05) is 43.5 Å². The van der Waals surface area contributed by atoms with Gasteiger partial charge in [-0.25, -0.2) is 4.39 Å². The SMILES string of the molecule is O=C1CC[C@H](CCNCc2ccccc2F)N1C[C@@H](c1cccnc1)N1CCCCC1. The van der Waals surface area contributed by atoms with E-state index in [1.165, 1.54) is 30.9 Å². The molecule has 166 valence electrons. The minimum absolute atomic E-state index is 0.173. The maximum atomic E-state index is 13.8. The van der Waals surface area contributed by atoms with Crippen molar-refractivity contribution in [3.05, 3.63) is 65.7 Å². The molecule has 0 bridgehead atoms. The van der Waals surface area contributed by atoms with E-state index in [0.29, 0.717) is 18.5 Å². The highest BCUT2D eigenvalue weighted by molar-refractivity contribution is 5.78. The average molecular weight is 425 g/mol. The summed E-state index contributed by atoms with van der Waals surface area (Å²) in [5.41, 5.74) is 1.88. The van der Waals surface area contributed by atoms with Gasteiger partial charge in [-0.3, -0.25) is 14.7 Å². The fraction of sp³-hybridized carbons (Fsp3) is 0.520. The third-order valence-electron chi connectivity index (χ3n) is 6.65. The second-order valence-electron chi connectivity index (χ2n) is 8.69. The molecule has 0 saturated carbocycles. The van der Waals surface area contributed by atoms with Gasteiger partial charge in [0.2, 0.25) is 5.91 Å². The van der Waals surface area contributed by atoms with Crippen LogP contribution in [0.4, 0.5) is 4.39 Å². The van der Waals surface area contributed by atoms with Gasteiger partial charge in [-0.05, 0) is 63.0 Å². The van der Waals surface area contributed by atoms with Crippen molar-refractivity contribution < 1.29 is 9.18 Å². The van der Waals surface area contributed by atoms with Crippen molar-refractivity contribution in [3.63, 3.8) is 0 Å². The van der Waals surface area contributed by atoms with E-state index in [4.69, 9.17) is 0 Å². The molecule has 2 fully saturated rings. The van der Waals surface area contributed by atoms with Gasteiger partial charge in [-0.15, -0.1) is 0 Å². The third-order valence-corrected chi connectivity index (χ3v) is 6.65. The molecule has 2 saturated heterocycles. The number of piperidine rings is 1. The summed E-state index contributed by atoms with van der Waals surface area (Å²) in [6.07, 6.45) is 9.89. The Bertz CT molecular complexity index is 840. The van der Waals surface area contributed by atoms with Crippen LogP contribution in [0.3, 0.4) is 0 Å². The summed E-state index contributed by atoms with van der Waals surface area (Å²) >= 11 is 0. The number of rotatable bonds is 9. The molecule has 1 aromatic carbocycles. The Morgan fingerprint density at radius 2 is 1.97 bits per heavy atom. The molecule has 2 atom stereocenters. The standard InChI is InChI=1S/C25H33FN4O/c26-23-9-3-2-7-20(23)17-28-14-12-22-10-11-25(31)30(22)19-24(21-8-6-13-27-18-21)29-15-4-1-5-16-29/h2-3,6-9,13,18,22,24,28H,1,4-5,10-12,14-17,19H2/t22-,24+/m1/s1. The van der Waals surface area contributed by atoms with Gasteiger partial charge in [0.15, 0.2) is 0 Å². The van der Waals surface area contributed by atoms with Gasteiger partial charge < -0.3 is 10.2 Å². The van der Waals surface area contributed by atoms with Crippen molar-refractivity contribution in [1.29, 1.82) is 0 Å². The second-order valence-corrected chi connectivity index (χ2v) is 8.69. The molecule has 1 amide bonds. The van der Waals surface area contributed by atoms with Crippen LogP contribution in [0.1, 0.15) is 55.7 Å². The van der Waals surface area contributed by atoms with Crippen LogP contribution in [0, 0.1) is 5.82 Å². The minimum atomic E-state index is -0.173. The van der Waals surface area contributed by atoms with Gasteiger partial charge in [0.05, 0.1) is 6.04 Å². The quantitative estimate of drug-likeness (QED) is 0.620. The van der Waals surface area contributed by atoms with E-state index in [0.717, 1.165) is 39.0 Å². The summed E-state index contributed by atoms with van der Waals surface area (Å²) in [6, 6.07) is 11.4. The number of carbonyl (C=O) groups is 1. The zero-order valence-corrected chi connectivity index (χ0v) is 18.2. The second kappa shape index (κ2) is 10.8. The van der Waals surface area contributed by atoms with Gasteiger partial charge in [0.25, 0.3) is 0 Å². The lowest BCUT2D eigenvalue weighted by atomic mass is 10.0. The first-order valence-electron chi connectivity index (χ1n) is 11.6. The van der Waals surface area contributed by atoms with Crippen molar-refractivity contribution in [2.45, 2.75) is 57.2 Å². The van der Waals surface area contributed by atoms with Crippen molar-refractivity contribution in [3.8, 4) is 0 Å².